The molecule has 0 amide bonds. The van der Waals surface area contributed by atoms with Crippen molar-refractivity contribution in [2.75, 3.05) is 13.1 Å². The molecule has 0 bridgehead atoms. The molecule has 0 spiro atoms. The molecule has 9 heteroatoms. The number of rotatable bonds is 2. The highest BCUT2D eigenvalue weighted by Crippen LogP contribution is 2.34. The molecule has 1 aliphatic heterocycles. The summed E-state index contributed by atoms with van der Waals surface area (Å²) in [6.45, 7) is 0.303. The van der Waals surface area contributed by atoms with E-state index in [1.54, 1.807) is 0 Å². The van der Waals surface area contributed by atoms with Crippen molar-refractivity contribution in [3.63, 3.8) is 0 Å². The van der Waals surface area contributed by atoms with Gasteiger partial charge < -0.3 is 5.73 Å². The van der Waals surface area contributed by atoms with Crippen LogP contribution in [-0.4, -0.2) is 31.9 Å². The third-order valence-electron chi connectivity index (χ3n) is 3.30. The van der Waals surface area contributed by atoms with E-state index >= 15 is 0 Å². The van der Waals surface area contributed by atoms with Gasteiger partial charge in [-0.3, -0.25) is 0 Å². The predicted octanol–water partition coefficient (Wildman–Crippen LogP) is 2.47. The Morgan fingerprint density at radius 2 is 2.00 bits per heavy atom. The largest absolute Gasteiger partial charge is 0.416 e. The van der Waals surface area contributed by atoms with E-state index in [0.29, 0.717) is 18.9 Å². The monoisotopic (exact) mass is 342 g/mol. The van der Waals surface area contributed by atoms with Crippen molar-refractivity contribution in [1.29, 1.82) is 0 Å². The fraction of sp³-hybridized carbons (Fsp3) is 0.500. The first-order chi connectivity index (χ1) is 9.62. The van der Waals surface area contributed by atoms with E-state index in [1.165, 1.54) is 0 Å². The highest BCUT2D eigenvalue weighted by molar-refractivity contribution is 7.89. The molecule has 2 N–H and O–H groups in total. The number of sulfonamides is 1. The number of hydrogen-bond donors (Lipinski definition) is 1. The fourth-order valence-electron chi connectivity index (χ4n) is 2.21. The molecule has 1 fully saturated rings. The summed E-state index contributed by atoms with van der Waals surface area (Å²) in [4.78, 5) is -0.534. The third-order valence-corrected chi connectivity index (χ3v) is 5.64. The average molecular weight is 343 g/mol. The molecule has 1 heterocycles. The predicted molar refractivity (Wildman–Crippen MR) is 72.4 cm³/mol. The first-order valence-electron chi connectivity index (χ1n) is 6.25. The van der Waals surface area contributed by atoms with Crippen LogP contribution in [-0.2, 0) is 16.2 Å². The van der Waals surface area contributed by atoms with Gasteiger partial charge in [0, 0.05) is 19.1 Å². The van der Waals surface area contributed by atoms with Crippen molar-refractivity contribution in [2.45, 2.75) is 30.0 Å². The van der Waals surface area contributed by atoms with E-state index in [9.17, 15) is 21.6 Å². The summed E-state index contributed by atoms with van der Waals surface area (Å²) >= 11 is 5.78. The highest BCUT2D eigenvalue weighted by atomic mass is 35.5. The molecule has 0 aliphatic carbocycles. The molecule has 118 valence electrons. The first-order valence-corrected chi connectivity index (χ1v) is 8.06. The van der Waals surface area contributed by atoms with Crippen LogP contribution in [0.4, 0.5) is 13.2 Å². The number of nitrogens with two attached hydrogens (primary N) is 1. The van der Waals surface area contributed by atoms with Crippen LogP contribution < -0.4 is 5.73 Å². The van der Waals surface area contributed by atoms with Crippen LogP contribution in [0.5, 0.6) is 0 Å². The zero-order chi connectivity index (χ0) is 15.8. The molecular formula is C12H14ClF3N2O2S. The van der Waals surface area contributed by atoms with Crippen LogP contribution in [0.25, 0.3) is 0 Å². The smallest absolute Gasteiger partial charge is 0.327 e. The van der Waals surface area contributed by atoms with Gasteiger partial charge in [-0.25, -0.2) is 8.42 Å². The Labute approximate surface area is 125 Å². The van der Waals surface area contributed by atoms with Crippen LogP contribution in [0.1, 0.15) is 18.4 Å². The molecule has 21 heavy (non-hydrogen) atoms. The standard InChI is InChI=1S/C12H14ClF3N2O2S/c13-10-4-3-8(12(14,15)16)6-11(10)21(19,20)18-5-1-2-9(17)7-18/h3-4,6,9H,1-2,5,7,17H2/t9-/m1/s1. The van der Waals surface area contributed by atoms with Gasteiger partial charge in [0.25, 0.3) is 0 Å². The number of piperidine rings is 1. The lowest BCUT2D eigenvalue weighted by Crippen LogP contribution is -2.45. The lowest BCUT2D eigenvalue weighted by molar-refractivity contribution is -0.137. The molecule has 4 nitrogen and oxygen atoms in total. The molecule has 1 atom stereocenters. The van der Waals surface area contributed by atoms with Crippen molar-refractivity contribution in [3.8, 4) is 0 Å². The Morgan fingerprint density at radius 1 is 1.33 bits per heavy atom. The van der Waals surface area contributed by atoms with Crippen LogP contribution in [0.3, 0.4) is 0 Å². The van der Waals surface area contributed by atoms with Crippen LogP contribution in [0.15, 0.2) is 23.1 Å². The Hall–Kier alpha value is -0.830. The molecular weight excluding hydrogens is 329 g/mol. The lowest BCUT2D eigenvalue weighted by Gasteiger charge is -2.30. The van der Waals surface area contributed by atoms with Gasteiger partial charge in [-0.1, -0.05) is 11.6 Å². The lowest BCUT2D eigenvalue weighted by atomic mass is 10.1. The van der Waals surface area contributed by atoms with Crippen LogP contribution in [0.2, 0.25) is 5.02 Å². The zero-order valence-electron chi connectivity index (χ0n) is 10.9. The summed E-state index contributed by atoms with van der Waals surface area (Å²) in [7, 11) is -4.09. The molecule has 0 radical (unpaired) electrons. The molecule has 0 aromatic heterocycles. The molecule has 0 saturated carbocycles. The van der Waals surface area contributed by atoms with Gasteiger partial charge in [-0.15, -0.1) is 0 Å². The summed E-state index contributed by atoms with van der Waals surface area (Å²) < 4.78 is 64.2. The Balaban J connectivity index is 2.44. The second-order valence-corrected chi connectivity index (χ2v) is 7.22. The quantitative estimate of drug-likeness (QED) is 0.898. The van der Waals surface area contributed by atoms with E-state index in [2.05, 4.69) is 0 Å². The summed E-state index contributed by atoms with van der Waals surface area (Å²) in [6, 6.07) is 1.94. The average Bonchev–Trinajstić information content (AvgIpc) is 2.37. The van der Waals surface area contributed by atoms with Gasteiger partial charge >= 0.3 is 6.18 Å². The number of nitrogens with zero attached hydrogens (tertiary/aromatic N) is 1. The van der Waals surface area contributed by atoms with Gasteiger partial charge in [0.1, 0.15) is 4.90 Å². The van der Waals surface area contributed by atoms with E-state index in [0.717, 1.165) is 16.4 Å². The van der Waals surface area contributed by atoms with Gasteiger partial charge in [-0.2, -0.15) is 17.5 Å². The number of hydrogen-bond acceptors (Lipinski definition) is 3. The topological polar surface area (TPSA) is 63.4 Å². The first kappa shape index (κ1) is 16.5. The van der Waals surface area contributed by atoms with E-state index < -0.39 is 26.7 Å². The Kier molecular flexibility index (Phi) is 4.53. The summed E-state index contributed by atoms with van der Waals surface area (Å²) in [5, 5.41) is -0.234. The van der Waals surface area contributed by atoms with E-state index in [4.69, 9.17) is 17.3 Å². The second-order valence-electron chi connectivity index (χ2n) is 4.91. The van der Waals surface area contributed by atoms with Crippen molar-refractivity contribution in [2.24, 2.45) is 5.73 Å². The van der Waals surface area contributed by atoms with Gasteiger partial charge in [-0.05, 0) is 31.0 Å². The summed E-state index contributed by atoms with van der Waals surface area (Å²) in [5.41, 5.74) is 4.67. The summed E-state index contributed by atoms with van der Waals surface area (Å²) in [6.07, 6.45) is -3.38. The fourth-order valence-corrected chi connectivity index (χ4v) is 4.24. The van der Waals surface area contributed by atoms with Gasteiger partial charge in [0.2, 0.25) is 10.0 Å². The maximum absolute atomic E-state index is 12.7. The minimum absolute atomic E-state index is 0.0783. The molecule has 1 aromatic carbocycles. The second kappa shape index (κ2) is 5.75. The molecule has 1 saturated heterocycles. The van der Waals surface area contributed by atoms with E-state index in [-0.39, 0.29) is 24.2 Å². The minimum Gasteiger partial charge on any atom is -0.327 e. The molecule has 2 rings (SSSR count). The van der Waals surface area contributed by atoms with Crippen molar-refractivity contribution in [3.05, 3.63) is 28.8 Å². The van der Waals surface area contributed by atoms with Crippen molar-refractivity contribution >= 4 is 21.6 Å². The maximum Gasteiger partial charge on any atom is 0.416 e. The Bertz CT molecular complexity index is 634. The SMILES string of the molecule is N[C@@H]1CCCN(S(=O)(=O)c2cc(C(F)(F)F)ccc2Cl)C1. The van der Waals surface area contributed by atoms with Crippen LogP contribution in [0, 0.1) is 0 Å². The van der Waals surface area contributed by atoms with Crippen LogP contribution >= 0.6 is 11.6 Å². The molecule has 0 unspecified atom stereocenters. The molecule has 1 aliphatic rings. The molecule has 1 aromatic rings. The van der Waals surface area contributed by atoms with Gasteiger partial charge in [0.15, 0.2) is 0 Å². The zero-order valence-corrected chi connectivity index (χ0v) is 12.5. The normalized spacial score (nSPS) is 21.5. The maximum atomic E-state index is 12.7. The van der Waals surface area contributed by atoms with Crippen molar-refractivity contribution in [1.82, 2.24) is 4.31 Å². The minimum atomic E-state index is -4.63. The van der Waals surface area contributed by atoms with E-state index in [1.807, 2.05) is 0 Å². The Morgan fingerprint density at radius 3 is 2.57 bits per heavy atom. The number of halogens is 4. The van der Waals surface area contributed by atoms with Crippen molar-refractivity contribution < 1.29 is 21.6 Å². The van der Waals surface area contributed by atoms with Gasteiger partial charge in [0.05, 0.1) is 10.6 Å². The number of alkyl halides is 3. The third kappa shape index (κ3) is 3.50. The summed E-state index contributed by atoms with van der Waals surface area (Å²) in [5.74, 6) is 0. The highest BCUT2D eigenvalue weighted by Gasteiger charge is 2.35. The number of benzene rings is 1.